The molecule has 3 amide bonds. The summed E-state index contributed by atoms with van der Waals surface area (Å²) in [6.45, 7) is 10.1. The summed E-state index contributed by atoms with van der Waals surface area (Å²) in [6.07, 6.45) is 12.1. The van der Waals surface area contributed by atoms with Crippen molar-refractivity contribution < 1.29 is 23.9 Å². The maximum atomic E-state index is 13.3. The van der Waals surface area contributed by atoms with E-state index in [-0.39, 0.29) is 17.7 Å². The van der Waals surface area contributed by atoms with Gasteiger partial charge in [-0.25, -0.2) is 4.98 Å². The second kappa shape index (κ2) is 19.6. The van der Waals surface area contributed by atoms with E-state index < -0.39 is 0 Å². The van der Waals surface area contributed by atoms with Crippen molar-refractivity contribution in [2.45, 2.75) is 73.8 Å². The molecule has 0 unspecified atom stereocenters. The van der Waals surface area contributed by atoms with Gasteiger partial charge in [0.2, 0.25) is 5.91 Å². The molecule has 1 aromatic heterocycles. The summed E-state index contributed by atoms with van der Waals surface area (Å²) >= 11 is 2.92. The Morgan fingerprint density at radius 3 is 2.43 bits per heavy atom. The number of amides is 3. The minimum Gasteiger partial charge on any atom is -0.496 e. The van der Waals surface area contributed by atoms with Gasteiger partial charge >= 0.3 is 0 Å². The summed E-state index contributed by atoms with van der Waals surface area (Å²) in [4.78, 5) is 50.7. The number of hydrogen-bond donors (Lipinski definition) is 2. The Morgan fingerprint density at radius 2 is 1.70 bits per heavy atom. The van der Waals surface area contributed by atoms with E-state index in [4.69, 9.17) is 9.47 Å². The van der Waals surface area contributed by atoms with Gasteiger partial charge in [0.15, 0.2) is 5.13 Å². The highest BCUT2D eigenvalue weighted by molar-refractivity contribution is 8.01. The van der Waals surface area contributed by atoms with Crippen molar-refractivity contribution in [1.82, 2.24) is 20.1 Å². The Bertz CT molecular complexity index is 1660. The fraction of sp³-hybridized carbons (Fsp3) is 0.550. The fourth-order valence-corrected chi connectivity index (χ4v) is 9.27. The number of thiazole rings is 1. The van der Waals surface area contributed by atoms with Gasteiger partial charge in [0, 0.05) is 68.4 Å². The largest absolute Gasteiger partial charge is 0.496 e. The zero-order valence-electron chi connectivity index (χ0n) is 31.2. The molecule has 3 aliphatic rings. The van der Waals surface area contributed by atoms with Crippen LogP contribution >= 0.6 is 23.1 Å². The number of methoxy groups -OCH3 is 1. The van der Waals surface area contributed by atoms with Crippen molar-refractivity contribution in [2.24, 2.45) is 5.92 Å². The lowest BCUT2D eigenvalue weighted by atomic mass is 10.0. The number of aromatic nitrogens is 1. The molecule has 53 heavy (non-hydrogen) atoms. The molecule has 13 heteroatoms. The zero-order chi connectivity index (χ0) is 37.0. The topological polar surface area (TPSA) is 116 Å². The molecule has 6 rings (SSSR count). The van der Waals surface area contributed by atoms with Crippen molar-refractivity contribution in [3.05, 3.63) is 59.3 Å². The molecule has 286 valence electrons. The highest BCUT2D eigenvalue weighted by atomic mass is 32.2. The average Bonchev–Trinajstić information content (AvgIpc) is 3.87. The second-order valence-corrected chi connectivity index (χ2v) is 16.6. The van der Waals surface area contributed by atoms with Gasteiger partial charge in [-0.2, -0.15) is 0 Å². The number of carbonyl (C=O) groups excluding carboxylic acids is 3. The van der Waals surface area contributed by atoms with E-state index in [1.807, 2.05) is 43.3 Å². The van der Waals surface area contributed by atoms with Gasteiger partial charge in [-0.05, 0) is 87.0 Å². The molecule has 2 saturated heterocycles. The maximum absolute atomic E-state index is 13.3. The summed E-state index contributed by atoms with van der Waals surface area (Å²) in [5, 5.41) is 6.59. The number of nitrogens with zero attached hydrogens (tertiary/aromatic N) is 4. The minimum atomic E-state index is -0.197. The first kappa shape index (κ1) is 39.1. The number of unbranched alkanes of at least 4 members (excludes halogenated alkanes) is 3. The normalized spacial score (nSPS) is 16.9. The first-order valence-corrected chi connectivity index (χ1v) is 20.8. The third-order valence-corrected chi connectivity index (χ3v) is 12.7. The van der Waals surface area contributed by atoms with Crippen molar-refractivity contribution in [3.63, 3.8) is 0 Å². The first-order valence-electron chi connectivity index (χ1n) is 19.2. The minimum absolute atomic E-state index is 0.0662. The van der Waals surface area contributed by atoms with Crippen LogP contribution in [-0.2, 0) is 9.53 Å². The second-order valence-electron chi connectivity index (χ2n) is 14.3. The number of rotatable bonds is 16. The molecule has 2 N–H and O–H groups in total. The fourth-order valence-electron chi connectivity index (χ4n) is 7.33. The van der Waals surface area contributed by atoms with Crippen molar-refractivity contribution in [1.29, 1.82) is 0 Å². The molecule has 0 spiro atoms. The summed E-state index contributed by atoms with van der Waals surface area (Å²) in [5.41, 5.74) is 3.23. The monoisotopic (exact) mass is 762 g/mol. The molecule has 2 aliphatic heterocycles. The van der Waals surface area contributed by atoms with Crippen LogP contribution in [0.15, 0.2) is 51.7 Å². The molecular formula is C40H54N6O5S2. The quantitative estimate of drug-likeness (QED) is 0.154. The van der Waals surface area contributed by atoms with Crippen LogP contribution in [0.4, 0.5) is 10.8 Å². The van der Waals surface area contributed by atoms with Crippen LogP contribution in [0.1, 0.15) is 84.1 Å². The lowest BCUT2D eigenvalue weighted by Gasteiger charge is -2.36. The molecule has 3 fully saturated rings. The number of ether oxygens (including phenoxy) is 2. The molecule has 3 aromatic rings. The van der Waals surface area contributed by atoms with Crippen LogP contribution in [0.2, 0.25) is 0 Å². The Balaban J connectivity index is 0.902. The highest BCUT2D eigenvalue weighted by Gasteiger charge is 2.24. The number of aryl methyl sites for hydroxylation is 1. The molecule has 0 radical (unpaired) electrons. The number of benzene rings is 2. The van der Waals surface area contributed by atoms with E-state index in [1.165, 1.54) is 61.6 Å². The number of carbonyl (C=O) groups is 3. The predicted octanol–water partition coefficient (Wildman–Crippen LogP) is 6.71. The number of nitrogens with one attached hydrogen (secondary N) is 2. The van der Waals surface area contributed by atoms with Crippen molar-refractivity contribution in [3.8, 4) is 5.75 Å². The van der Waals surface area contributed by atoms with Crippen LogP contribution < -0.4 is 20.3 Å². The van der Waals surface area contributed by atoms with E-state index in [9.17, 15) is 14.4 Å². The van der Waals surface area contributed by atoms with Gasteiger partial charge in [-0.15, -0.1) is 0 Å². The molecule has 0 bridgehead atoms. The Kier molecular flexibility index (Phi) is 14.5. The lowest BCUT2D eigenvalue weighted by molar-refractivity contribution is -0.122. The standard InChI is InChI=1S/C40H54N6O5S2/c1-29-25-34(50-2)33(39(49)46-21-23-51-24-22-46)27-35(29)52-37-28-42-40(53-37)43-38(48)31-11-13-32(14-12-31)45-19-17-44(18-20-45)16-8-4-3-7-15-41-36(47)26-30-9-5-6-10-30/h11-14,25,27-28,30H,3-10,15-24,26H2,1-2H3,(H,41,47)(H,42,43,48). The summed E-state index contributed by atoms with van der Waals surface area (Å²) in [6, 6.07) is 11.6. The van der Waals surface area contributed by atoms with E-state index >= 15 is 0 Å². The van der Waals surface area contributed by atoms with Crippen molar-refractivity contribution in [2.75, 3.05) is 82.9 Å². The third kappa shape index (κ3) is 11.2. The molecular weight excluding hydrogens is 709 g/mol. The number of morpholine rings is 1. The van der Waals surface area contributed by atoms with E-state index in [1.54, 1.807) is 18.2 Å². The molecule has 3 heterocycles. The van der Waals surface area contributed by atoms with Gasteiger partial charge in [0.25, 0.3) is 11.8 Å². The van der Waals surface area contributed by atoms with Crippen LogP contribution in [0.5, 0.6) is 5.75 Å². The third-order valence-electron chi connectivity index (χ3n) is 10.5. The van der Waals surface area contributed by atoms with Gasteiger partial charge in [0.05, 0.1) is 36.3 Å². The number of hydrogen-bond acceptors (Lipinski definition) is 10. The van der Waals surface area contributed by atoms with Crippen molar-refractivity contribution >= 4 is 51.6 Å². The molecule has 11 nitrogen and oxygen atoms in total. The zero-order valence-corrected chi connectivity index (χ0v) is 32.8. The summed E-state index contributed by atoms with van der Waals surface area (Å²) in [5.74, 6) is 1.15. The Hall–Kier alpha value is -3.65. The number of anilines is 2. The summed E-state index contributed by atoms with van der Waals surface area (Å²) < 4.78 is 11.9. The molecule has 1 aliphatic carbocycles. The average molecular weight is 763 g/mol. The first-order chi connectivity index (χ1) is 25.9. The molecule has 1 saturated carbocycles. The summed E-state index contributed by atoms with van der Waals surface area (Å²) in [7, 11) is 1.58. The SMILES string of the molecule is COc1cc(C)c(Sc2cnc(NC(=O)c3ccc(N4CCN(CCCCCCNC(=O)CC5CCCC5)CC4)cc3)s2)cc1C(=O)N1CCOCC1. The van der Waals surface area contributed by atoms with Gasteiger partial charge in [-0.3, -0.25) is 24.6 Å². The van der Waals surface area contributed by atoms with Crippen LogP contribution in [0.3, 0.4) is 0 Å². The van der Waals surface area contributed by atoms with E-state index in [0.29, 0.717) is 54.2 Å². The number of piperazine rings is 1. The van der Waals surface area contributed by atoms with E-state index in [0.717, 1.165) is 78.9 Å². The smallest absolute Gasteiger partial charge is 0.257 e. The Morgan fingerprint density at radius 1 is 0.962 bits per heavy atom. The highest BCUT2D eigenvalue weighted by Crippen LogP contribution is 2.38. The Labute approximate surface area is 322 Å². The van der Waals surface area contributed by atoms with Gasteiger partial charge in [0.1, 0.15) is 5.75 Å². The van der Waals surface area contributed by atoms with Gasteiger partial charge in [-0.1, -0.05) is 48.8 Å². The van der Waals surface area contributed by atoms with Crippen LogP contribution in [0, 0.1) is 12.8 Å². The maximum Gasteiger partial charge on any atom is 0.257 e. The lowest BCUT2D eigenvalue weighted by Crippen LogP contribution is -2.46. The van der Waals surface area contributed by atoms with E-state index in [2.05, 4.69) is 25.4 Å². The predicted molar refractivity (Wildman–Crippen MR) is 212 cm³/mol. The molecule has 2 aromatic carbocycles. The van der Waals surface area contributed by atoms with Gasteiger partial charge < -0.3 is 24.6 Å². The van der Waals surface area contributed by atoms with Crippen LogP contribution in [0.25, 0.3) is 0 Å². The van der Waals surface area contributed by atoms with Crippen LogP contribution in [-0.4, -0.2) is 105 Å². The molecule has 0 atom stereocenters.